The van der Waals surface area contributed by atoms with Crippen molar-refractivity contribution in [2.75, 3.05) is 19.8 Å². The molecule has 0 fully saturated rings. The van der Waals surface area contributed by atoms with E-state index < -0.39 is 0 Å². The van der Waals surface area contributed by atoms with E-state index in [1.54, 1.807) is 0 Å². The van der Waals surface area contributed by atoms with Crippen molar-refractivity contribution in [3.63, 3.8) is 0 Å². The topological polar surface area (TPSA) is 39.1 Å². The SMILES string of the molecule is CCCNC(CCOCC)Cc1c(Cl)c(CC)nn1C. The number of halogens is 1. The molecule has 1 aromatic rings. The van der Waals surface area contributed by atoms with E-state index in [1.165, 1.54) is 0 Å². The van der Waals surface area contributed by atoms with Gasteiger partial charge in [-0.1, -0.05) is 25.4 Å². The first kappa shape index (κ1) is 17.5. The fourth-order valence-corrected chi connectivity index (χ4v) is 2.64. The molecule has 1 N–H and O–H groups in total. The molecule has 1 heterocycles. The summed E-state index contributed by atoms with van der Waals surface area (Å²) in [7, 11) is 1.97. The summed E-state index contributed by atoms with van der Waals surface area (Å²) in [6, 6.07) is 0.388. The number of nitrogens with zero attached hydrogens (tertiary/aromatic N) is 2. The Morgan fingerprint density at radius 3 is 2.65 bits per heavy atom. The molecule has 5 heteroatoms. The molecular formula is C15H28ClN3O. The number of nitrogens with one attached hydrogen (secondary N) is 1. The molecule has 0 saturated heterocycles. The Labute approximate surface area is 127 Å². The summed E-state index contributed by atoms with van der Waals surface area (Å²) in [6.45, 7) is 8.87. The van der Waals surface area contributed by atoms with Crippen LogP contribution in [-0.4, -0.2) is 35.6 Å². The van der Waals surface area contributed by atoms with Crippen LogP contribution in [0.2, 0.25) is 5.02 Å². The predicted molar refractivity (Wildman–Crippen MR) is 84.5 cm³/mol. The average Bonchev–Trinajstić information content (AvgIpc) is 2.71. The van der Waals surface area contributed by atoms with Crippen molar-refractivity contribution in [1.82, 2.24) is 15.1 Å². The second kappa shape index (κ2) is 9.37. The van der Waals surface area contributed by atoms with Gasteiger partial charge in [-0.2, -0.15) is 5.10 Å². The first-order valence-corrected chi connectivity index (χ1v) is 8.03. The summed E-state index contributed by atoms with van der Waals surface area (Å²) in [5.41, 5.74) is 2.11. The van der Waals surface area contributed by atoms with Gasteiger partial charge < -0.3 is 10.1 Å². The standard InChI is InChI=1S/C15H28ClN3O/c1-5-9-17-12(8-10-20-7-3)11-14-15(16)13(6-2)18-19(14)4/h12,17H,5-11H2,1-4H3. The van der Waals surface area contributed by atoms with Gasteiger partial charge in [0.15, 0.2) is 0 Å². The Kier molecular flexibility index (Phi) is 8.19. The molecule has 0 aliphatic carbocycles. The molecule has 0 aliphatic heterocycles. The third-order valence-electron chi connectivity index (χ3n) is 3.44. The maximum Gasteiger partial charge on any atom is 0.0850 e. The summed E-state index contributed by atoms with van der Waals surface area (Å²) in [4.78, 5) is 0. The van der Waals surface area contributed by atoms with Gasteiger partial charge in [0.2, 0.25) is 0 Å². The molecule has 20 heavy (non-hydrogen) atoms. The maximum atomic E-state index is 6.43. The zero-order chi connectivity index (χ0) is 15.0. The molecule has 1 atom stereocenters. The number of hydrogen-bond donors (Lipinski definition) is 1. The summed E-state index contributed by atoms with van der Waals surface area (Å²) in [5.74, 6) is 0. The lowest BCUT2D eigenvalue weighted by Crippen LogP contribution is -2.33. The minimum Gasteiger partial charge on any atom is -0.382 e. The van der Waals surface area contributed by atoms with E-state index in [0.29, 0.717) is 6.04 Å². The summed E-state index contributed by atoms with van der Waals surface area (Å²) in [5, 5.41) is 8.89. The average molecular weight is 302 g/mol. The predicted octanol–water partition coefficient (Wildman–Crippen LogP) is 2.97. The molecule has 1 rings (SSSR count). The first-order valence-electron chi connectivity index (χ1n) is 7.65. The second-order valence-electron chi connectivity index (χ2n) is 5.03. The van der Waals surface area contributed by atoms with Gasteiger partial charge in [0.05, 0.1) is 16.4 Å². The molecule has 0 aliphatic rings. The fraction of sp³-hybridized carbons (Fsp3) is 0.800. The Morgan fingerprint density at radius 2 is 2.10 bits per heavy atom. The molecule has 0 bridgehead atoms. The lowest BCUT2D eigenvalue weighted by Gasteiger charge is -2.18. The third kappa shape index (κ3) is 5.08. The van der Waals surface area contributed by atoms with Crippen molar-refractivity contribution >= 4 is 11.6 Å². The van der Waals surface area contributed by atoms with Gasteiger partial charge >= 0.3 is 0 Å². The monoisotopic (exact) mass is 301 g/mol. The number of rotatable bonds is 10. The van der Waals surface area contributed by atoms with E-state index in [4.69, 9.17) is 16.3 Å². The number of hydrogen-bond acceptors (Lipinski definition) is 3. The van der Waals surface area contributed by atoms with Gasteiger partial charge in [0.1, 0.15) is 0 Å². The van der Waals surface area contributed by atoms with Gasteiger partial charge in [-0.15, -0.1) is 0 Å². The molecule has 116 valence electrons. The quantitative estimate of drug-likeness (QED) is 0.675. The minimum atomic E-state index is 0.388. The molecule has 0 spiro atoms. The van der Waals surface area contributed by atoms with Crippen LogP contribution < -0.4 is 5.32 Å². The summed E-state index contributed by atoms with van der Waals surface area (Å²) < 4.78 is 7.39. The van der Waals surface area contributed by atoms with E-state index in [-0.39, 0.29) is 0 Å². The Morgan fingerprint density at radius 1 is 1.35 bits per heavy atom. The van der Waals surface area contributed by atoms with E-state index >= 15 is 0 Å². The molecular weight excluding hydrogens is 274 g/mol. The van der Waals surface area contributed by atoms with Crippen molar-refractivity contribution in [3.8, 4) is 0 Å². The number of ether oxygens (including phenoxy) is 1. The van der Waals surface area contributed by atoms with Crippen molar-refractivity contribution in [3.05, 3.63) is 16.4 Å². The lowest BCUT2D eigenvalue weighted by atomic mass is 10.1. The summed E-state index contributed by atoms with van der Waals surface area (Å²) >= 11 is 6.43. The number of aromatic nitrogens is 2. The minimum absolute atomic E-state index is 0.388. The zero-order valence-corrected chi connectivity index (χ0v) is 14.0. The molecule has 0 saturated carbocycles. The van der Waals surface area contributed by atoms with Gasteiger partial charge in [0.25, 0.3) is 0 Å². The molecule has 1 aromatic heterocycles. The van der Waals surface area contributed by atoms with Crippen molar-refractivity contribution in [2.24, 2.45) is 7.05 Å². The molecule has 0 radical (unpaired) electrons. The van der Waals surface area contributed by atoms with Crippen LogP contribution in [0.4, 0.5) is 0 Å². The van der Waals surface area contributed by atoms with Crippen molar-refractivity contribution < 1.29 is 4.74 Å². The largest absolute Gasteiger partial charge is 0.382 e. The lowest BCUT2D eigenvalue weighted by molar-refractivity contribution is 0.136. The van der Waals surface area contributed by atoms with Gasteiger partial charge in [-0.25, -0.2) is 0 Å². The van der Waals surface area contributed by atoms with E-state index in [1.807, 2.05) is 18.7 Å². The molecule has 0 amide bonds. The first-order chi connectivity index (χ1) is 9.63. The zero-order valence-electron chi connectivity index (χ0n) is 13.2. The van der Waals surface area contributed by atoms with Crippen LogP contribution >= 0.6 is 11.6 Å². The smallest absolute Gasteiger partial charge is 0.0850 e. The van der Waals surface area contributed by atoms with E-state index in [0.717, 1.165) is 61.9 Å². The second-order valence-corrected chi connectivity index (χ2v) is 5.40. The van der Waals surface area contributed by atoms with Crippen LogP contribution in [0.15, 0.2) is 0 Å². The normalized spacial score (nSPS) is 12.8. The van der Waals surface area contributed by atoms with Crippen LogP contribution in [0.5, 0.6) is 0 Å². The highest BCUT2D eigenvalue weighted by Crippen LogP contribution is 2.22. The van der Waals surface area contributed by atoms with Crippen LogP contribution in [-0.2, 0) is 24.6 Å². The van der Waals surface area contributed by atoms with Crippen molar-refractivity contribution in [2.45, 2.75) is 52.5 Å². The Bertz CT molecular complexity index is 393. The van der Waals surface area contributed by atoms with E-state index in [2.05, 4.69) is 24.3 Å². The van der Waals surface area contributed by atoms with Gasteiger partial charge in [0, 0.05) is 32.7 Å². The Hall–Kier alpha value is -0.580. The number of aryl methyl sites for hydroxylation is 2. The summed E-state index contributed by atoms with van der Waals surface area (Å²) in [6.07, 6.45) is 3.90. The van der Waals surface area contributed by atoms with Gasteiger partial charge in [-0.3, -0.25) is 4.68 Å². The van der Waals surface area contributed by atoms with E-state index in [9.17, 15) is 0 Å². The Balaban J connectivity index is 2.69. The highest BCUT2D eigenvalue weighted by molar-refractivity contribution is 6.31. The highest BCUT2D eigenvalue weighted by Gasteiger charge is 2.17. The third-order valence-corrected chi connectivity index (χ3v) is 3.88. The van der Waals surface area contributed by atoms with Crippen molar-refractivity contribution in [1.29, 1.82) is 0 Å². The maximum absolute atomic E-state index is 6.43. The molecule has 1 unspecified atom stereocenters. The van der Waals surface area contributed by atoms with Crippen LogP contribution in [0.3, 0.4) is 0 Å². The highest BCUT2D eigenvalue weighted by atomic mass is 35.5. The van der Waals surface area contributed by atoms with Crippen LogP contribution in [0, 0.1) is 0 Å². The van der Waals surface area contributed by atoms with Crippen LogP contribution in [0.1, 0.15) is 45.0 Å². The molecule has 0 aromatic carbocycles. The fourth-order valence-electron chi connectivity index (χ4n) is 2.27. The molecule has 4 nitrogen and oxygen atoms in total. The van der Waals surface area contributed by atoms with Crippen LogP contribution in [0.25, 0.3) is 0 Å². The van der Waals surface area contributed by atoms with Gasteiger partial charge in [-0.05, 0) is 32.7 Å².